The van der Waals surface area contributed by atoms with E-state index in [2.05, 4.69) is 4.98 Å². The Hall–Kier alpha value is -2.93. The number of hydrogen-bond acceptors (Lipinski definition) is 4. The van der Waals surface area contributed by atoms with Crippen LogP contribution in [0.15, 0.2) is 46.0 Å². The highest BCUT2D eigenvalue weighted by molar-refractivity contribution is 6.32. The molecule has 0 amide bonds. The van der Waals surface area contributed by atoms with Crippen LogP contribution in [0.1, 0.15) is 11.3 Å². The zero-order chi connectivity index (χ0) is 16.1. The molecule has 7 nitrogen and oxygen atoms in total. The molecule has 112 valence electrons. The molecule has 0 saturated heterocycles. The van der Waals surface area contributed by atoms with E-state index in [0.717, 1.165) is 5.56 Å². The Labute approximate surface area is 128 Å². The van der Waals surface area contributed by atoms with Crippen LogP contribution in [-0.4, -0.2) is 14.9 Å². The van der Waals surface area contributed by atoms with Crippen molar-refractivity contribution >= 4 is 29.4 Å². The molecule has 1 aromatic heterocycles. The van der Waals surface area contributed by atoms with Crippen molar-refractivity contribution in [2.45, 2.75) is 0 Å². The molecule has 1 heterocycles. The molecule has 2 N–H and O–H groups in total. The number of halogens is 1. The number of allylic oxidation sites excluding steroid dienone is 2. The number of hydrogen-bond donors (Lipinski definition) is 2. The van der Waals surface area contributed by atoms with Gasteiger partial charge in [0.05, 0.1) is 4.92 Å². The first-order valence-electron chi connectivity index (χ1n) is 6.09. The summed E-state index contributed by atoms with van der Waals surface area (Å²) in [6.45, 7) is 0. The van der Waals surface area contributed by atoms with Gasteiger partial charge in [0.2, 0.25) is 0 Å². The highest BCUT2D eigenvalue weighted by atomic mass is 35.5. The third kappa shape index (κ3) is 3.58. The van der Waals surface area contributed by atoms with E-state index in [1.54, 1.807) is 35.3 Å². The lowest BCUT2D eigenvalue weighted by atomic mass is 10.2. The minimum Gasteiger partial charge on any atom is -0.301 e. The van der Waals surface area contributed by atoms with E-state index < -0.39 is 21.9 Å². The van der Waals surface area contributed by atoms with Gasteiger partial charge < -0.3 is 4.98 Å². The van der Waals surface area contributed by atoms with Crippen LogP contribution in [0.3, 0.4) is 0 Å². The topological polar surface area (TPSA) is 109 Å². The van der Waals surface area contributed by atoms with E-state index in [1.807, 2.05) is 6.07 Å². The molecule has 0 atom stereocenters. The molecule has 0 radical (unpaired) electrons. The fourth-order valence-electron chi connectivity index (χ4n) is 1.72. The van der Waals surface area contributed by atoms with E-state index in [9.17, 15) is 19.7 Å². The normalized spacial score (nSPS) is 11.3. The maximum absolute atomic E-state index is 11.4. The van der Waals surface area contributed by atoms with Gasteiger partial charge in [-0.15, -0.1) is 0 Å². The number of aromatic nitrogens is 2. The van der Waals surface area contributed by atoms with Crippen molar-refractivity contribution in [3.05, 3.63) is 83.6 Å². The van der Waals surface area contributed by atoms with Gasteiger partial charge in [0.15, 0.2) is 0 Å². The second-order valence-electron chi connectivity index (χ2n) is 4.17. The van der Waals surface area contributed by atoms with Gasteiger partial charge in [-0.3, -0.25) is 19.9 Å². The standard InChI is InChI=1S/C14H10ClN3O4/c15-10-7-3-1-5-9(10)6-2-4-8-11-12(18(21)22)13(19)17-14(20)16-11/h1-8H,(H2,16,17,19,20). The minimum absolute atomic E-state index is 0.178. The zero-order valence-electron chi connectivity index (χ0n) is 11.1. The fourth-order valence-corrected chi connectivity index (χ4v) is 1.92. The van der Waals surface area contributed by atoms with Crippen molar-refractivity contribution in [3.8, 4) is 0 Å². The molecule has 22 heavy (non-hydrogen) atoms. The van der Waals surface area contributed by atoms with Crippen molar-refractivity contribution in [1.29, 1.82) is 0 Å². The fraction of sp³-hybridized carbons (Fsp3) is 0. The Kier molecular flexibility index (Phi) is 4.70. The van der Waals surface area contributed by atoms with Gasteiger partial charge in [0, 0.05) is 5.02 Å². The van der Waals surface area contributed by atoms with E-state index in [0.29, 0.717) is 5.02 Å². The molecular weight excluding hydrogens is 310 g/mol. The molecule has 0 bridgehead atoms. The SMILES string of the molecule is O=c1[nH]c(C=CC=Cc2ccccc2Cl)c([N+](=O)[O-])c(=O)[nH]1. The molecule has 8 heteroatoms. The lowest BCUT2D eigenvalue weighted by molar-refractivity contribution is -0.386. The Balaban J connectivity index is 2.31. The van der Waals surface area contributed by atoms with Crippen molar-refractivity contribution < 1.29 is 4.92 Å². The Bertz CT molecular complexity index is 880. The molecule has 0 aliphatic carbocycles. The number of rotatable bonds is 4. The largest absolute Gasteiger partial charge is 0.357 e. The van der Waals surface area contributed by atoms with Crippen molar-refractivity contribution in [2.75, 3.05) is 0 Å². The van der Waals surface area contributed by atoms with Crippen molar-refractivity contribution in [1.82, 2.24) is 9.97 Å². The Morgan fingerprint density at radius 2 is 1.77 bits per heavy atom. The second kappa shape index (κ2) is 6.68. The van der Waals surface area contributed by atoms with Crippen LogP contribution >= 0.6 is 11.6 Å². The molecule has 0 aliphatic heterocycles. The number of nitro groups is 1. The van der Waals surface area contributed by atoms with Crippen LogP contribution < -0.4 is 11.2 Å². The van der Waals surface area contributed by atoms with Gasteiger partial charge in [-0.1, -0.05) is 48.0 Å². The highest BCUT2D eigenvalue weighted by Gasteiger charge is 2.18. The highest BCUT2D eigenvalue weighted by Crippen LogP contribution is 2.16. The quantitative estimate of drug-likeness (QED) is 0.512. The number of nitrogens with zero attached hydrogens (tertiary/aromatic N) is 1. The van der Waals surface area contributed by atoms with E-state index in [1.165, 1.54) is 12.2 Å². The smallest absolute Gasteiger partial charge is 0.301 e. The summed E-state index contributed by atoms with van der Waals surface area (Å²) < 4.78 is 0. The van der Waals surface area contributed by atoms with Crippen LogP contribution in [0.4, 0.5) is 5.69 Å². The lowest BCUT2D eigenvalue weighted by Gasteiger charge is -1.96. The van der Waals surface area contributed by atoms with Crippen LogP contribution in [-0.2, 0) is 0 Å². The van der Waals surface area contributed by atoms with Gasteiger partial charge in [-0.05, 0) is 17.7 Å². The van der Waals surface area contributed by atoms with Crippen LogP contribution in [0, 0.1) is 10.1 Å². The van der Waals surface area contributed by atoms with Gasteiger partial charge in [0.1, 0.15) is 5.69 Å². The summed E-state index contributed by atoms with van der Waals surface area (Å²) in [6, 6.07) is 7.13. The average Bonchev–Trinajstić information content (AvgIpc) is 2.44. The second-order valence-corrected chi connectivity index (χ2v) is 4.57. The van der Waals surface area contributed by atoms with Crippen LogP contribution in [0.25, 0.3) is 12.2 Å². The minimum atomic E-state index is -1.05. The zero-order valence-corrected chi connectivity index (χ0v) is 11.8. The molecule has 1 aromatic carbocycles. The van der Waals surface area contributed by atoms with Crippen molar-refractivity contribution in [2.24, 2.45) is 0 Å². The summed E-state index contributed by atoms with van der Waals surface area (Å²) in [7, 11) is 0. The lowest BCUT2D eigenvalue weighted by Crippen LogP contribution is -2.25. The molecule has 0 fully saturated rings. The van der Waals surface area contributed by atoms with Gasteiger partial charge in [-0.25, -0.2) is 4.79 Å². The van der Waals surface area contributed by atoms with Crippen LogP contribution in [0.5, 0.6) is 0 Å². The first kappa shape index (κ1) is 15.5. The average molecular weight is 320 g/mol. The molecule has 0 unspecified atom stereocenters. The molecule has 2 rings (SSSR count). The molecule has 2 aromatic rings. The van der Waals surface area contributed by atoms with Gasteiger partial charge in [-0.2, -0.15) is 0 Å². The number of H-pyrrole nitrogens is 2. The Morgan fingerprint density at radius 3 is 2.45 bits per heavy atom. The molecular formula is C14H10ClN3O4. The third-order valence-electron chi connectivity index (χ3n) is 2.68. The number of aromatic amines is 2. The Morgan fingerprint density at radius 1 is 1.09 bits per heavy atom. The number of benzene rings is 1. The summed E-state index contributed by atoms with van der Waals surface area (Å²) >= 11 is 5.97. The summed E-state index contributed by atoms with van der Waals surface area (Å²) in [4.78, 5) is 36.6. The third-order valence-corrected chi connectivity index (χ3v) is 3.03. The monoisotopic (exact) mass is 319 g/mol. The maximum Gasteiger partial charge on any atom is 0.357 e. The van der Waals surface area contributed by atoms with E-state index >= 15 is 0 Å². The van der Waals surface area contributed by atoms with Gasteiger partial charge >= 0.3 is 16.9 Å². The first-order chi connectivity index (χ1) is 10.5. The summed E-state index contributed by atoms with van der Waals surface area (Å²) in [5, 5.41) is 11.4. The predicted molar refractivity (Wildman–Crippen MR) is 83.9 cm³/mol. The summed E-state index contributed by atoms with van der Waals surface area (Å²) in [5.41, 5.74) is -2.00. The van der Waals surface area contributed by atoms with Gasteiger partial charge in [0.25, 0.3) is 0 Å². The number of nitrogens with one attached hydrogen (secondary N) is 2. The summed E-state index contributed by atoms with van der Waals surface area (Å²) in [6.07, 6.45) is 6.00. The summed E-state index contributed by atoms with van der Waals surface area (Å²) in [5.74, 6) is 0. The van der Waals surface area contributed by atoms with E-state index in [4.69, 9.17) is 11.6 Å². The van der Waals surface area contributed by atoms with E-state index in [-0.39, 0.29) is 5.69 Å². The maximum atomic E-state index is 11.4. The first-order valence-corrected chi connectivity index (χ1v) is 6.47. The predicted octanol–water partition coefficient (Wildman–Crippen LogP) is 2.35. The van der Waals surface area contributed by atoms with Crippen LogP contribution in [0.2, 0.25) is 5.02 Å². The molecule has 0 aliphatic rings. The molecule has 0 saturated carbocycles. The molecule has 0 spiro atoms. The van der Waals surface area contributed by atoms with Crippen molar-refractivity contribution in [3.63, 3.8) is 0 Å².